The summed E-state index contributed by atoms with van der Waals surface area (Å²) in [6.07, 6.45) is 1.58. The maximum atomic E-state index is 12.8. The van der Waals surface area contributed by atoms with E-state index < -0.39 is 0 Å². The fourth-order valence-corrected chi connectivity index (χ4v) is 1.62. The van der Waals surface area contributed by atoms with Crippen LogP contribution in [0.3, 0.4) is 0 Å². The number of nitrogens with one attached hydrogen (secondary N) is 1. The summed E-state index contributed by atoms with van der Waals surface area (Å²) in [6.45, 7) is 0.540. The third-order valence-corrected chi connectivity index (χ3v) is 2.39. The van der Waals surface area contributed by atoms with E-state index in [0.29, 0.717) is 28.8 Å². The minimum atomic E-state index is -0.372. The first-order valence-corrected chi connectivity index (χ1v) is 5.13. The second kappa shape index (κ2) is 4.63. The van der Waals surface area contributed by atoms with Crippen LogP contribution in [0.5, 0.6) is 0 Å². The van der Waals surface area contributed by atoms with Gasteiger partial charge in [-0.2, -0.15) is 0 Å². The van der Waals surface area contributed by atoms with E-state index in [1.54, 1.807) is 19.3 Å². The molecule has 0 amide bonds. The molecule has 1 aromatic heterocycles. The number of nitrogens with zero attached hydrogens (tertiary/aromatic N) is 1. The summed E-state index contributed by atoms with van der Waals surface area (Å²) in [5, 5.41) is 3.24. The maximum Gasteiger partial charge on any atom is 0.208 e. The molecule has 5 heteroatoms. The molecule has 16 heavy (non-hydrogen) atoms. The molecule has 0 saturated heterocycles. The quantitative estimate of drug-likeness (QED) is 0.897. The summed E-state index contributed by atoms with van der Waals surface area (Å²) in [5.74, 6) is 0.733. The number of benzene rings is 1. The molecule has 2 aromatic rings. The third-order valence-electron chi connectivity index (χ3n) is 2.08. The molecule has 0 bridgehead atoms. The van der Waals surface area contributed by atoms with Crippen LogP contribution >= 0.6 is 11.6 Å². The standard InChI is InChI=1S/C11H10ClFN2O/c1-14-6-11-15-5-10(16-11)8-3-2-7(13)4-9(8)12/h2-5,14H,6H2,1H3. The SMILES string of the molecule is CNCc1ncc(-c2ccc(F)cc2Cl)o1. The Hall–Kier alpha value is -1.39. The zero-order valence-electron chi connectivity index (χ0n) is 8.63. The Morgan fingerprint density at radius 2 is 2.31 bits per heavy atom. The first kappa shape index (κ1) is 11.1. The van der Waals surface area contributed by atoms with E-state index >= 15 is 0 Å². The molecule has 84 valence electrons. The van der Waals surface area contributed by atoms with Crippen LogP contribution in [0, 0.1) is 5.82 Å². The van der Waals surface area contributed by atoms with Crippen molar-refractivity contribution in [3.05, 3.63) is 41.1 Å². The zero-order valence-corrected chi connectivity index (χ0v) is 9.38. The predicted octanol–water partition coefficient (Wildman–Crippen LogP) is 2.85. The summed E-state index contributed by atoms with van der Waals surface area (Å²) < 4.78 is 18.3. The van der Waals surface area contributed by atoms with Gasteiger partial charge in [0.2, 0.25) is 5.89 Å². The van der Waals surface area contributed by atoms with Crippen LogP contribution in [0.25, 0.3) is 11.3 Å². The van der Waals surface area contributed by atoms with E-state index in [2.05, 4.69) is 10.3 Å². The van der Waals surface area contributed by atoms with Gasteiger partial charge in [-0.1, -0.05) is 11.6 Å². The molecule has 0 fully saturated rings. The summed E-state index contributed by atoms with van der Waals surface area (Å²) in [7, 11) is 1.80. The monoisotopic (exact) mass is 240 g/mol. The Balaban J connectivity index is 2.35. The first-order valence-electron chi connectivity index (χ1n) is 4.75. The normalized spacial score (nSPS) is 10.7. The van der Waals surface area contributed by atoms with Gasteiger partial charge >= 0.3 is 0 Å². The fraction of sp³-hybridized carbons (Fsp3) is 0.182. The molecule has 0 saturated carbocycles. The minimum absolute atomic E-state index is 0.312. The highest BCUT2D eigenvalue weighted by molar-refractivity contribution is 6.33. The highest BCUT2D eigenvalue weighted by Crippen LogP contribution is 2.28. The van der Waals surface area contributed by atoms with Gasteiger partial charge in [-0.05, 0) is 25.2 Å². The molecule has 0 atom stereocenters. The number of aromatic nitrogens is 1. The average Bonchev–Trinajstić information content (AvgIpc) is 2.67. The molecule has 0 aliphatic carbocycles. The highest BCUT2D eigenvalue weighted by atomic mass is 35.5. The third kappa shape index (κ3) is 2.23. The lowest BCUT2D eigenvalue weighted by Crippen LogP contribution is -2.04. The Labute approximate surface area is 97.3 Å². The molecule has 2 rings (SSSR count). The van der Waals surface area contributed by atoms with Gasteiger partial charge in [-0.3, -0.25) is 0 Å². The van der Waals surface area contributed by atoms with Crippen LogP contribution in [0.1, 0.15) is 5.89 Å². The van der Waals surface area contributed by atoms with E-state index in [-0.39, 0.29) is 5.82 Å². The van der Waals surface area contributed by atoms with Crippen LogP contribution < -0.4 is 5.32 Å². The maximum absolute atomic E-state index is 12.8. The highest BCUT2D eigenvalue weighted by Gasteiger charge is 2.10. The number of halogens is 2. The van der Waals surface area contributed by atoms with Gasteiger partial charge in [0.15, 0.2) is 5.76 Å². The lowest BCUT2D eigenvalue weighted by Gasteiger charge is -1.99. The summed E-state index contributed by atoms with van der Waals surface area (Å²) in [6, 6.07) is 4.15. The van der Waals surface area contributed by atoms with Gasteiger partial charge in [-0.15, -0.1) is 0 Å². The Bertz CT molecular complexity index is 498. The summed E-state index contributed by atoms with van der Waals surface area (Å²) >= 11 is 5.91. The fourth-order valence-electron chi connectivity index (χ4n) is 1.36. The lowest BCUT2D eigenvalue weighted by molar-refractivity contribution is 0.491. The Morgan fingerprint density at radius 1 is 1.50 bits per heavy atom. The van der Waals surface area contributed by atoms with Crippen molar-refractivity contribution in [1.82, 2.24) is 10.3 Å². The van der Waals surface area contributed by atoms with Gasteiger partial charge in [0.05, 0.1) is 17.8 Å². The molecule has 0 aliphatic heterocycles. The molecule has 0 unspecified atom stereocenters. The van der Waals surface area contributed by atoms with E-state index in [1.165, 1.54) is 12.1 Å². The van der Waals surface area contributed by atoms with Gasteiger partial charge in [0.1, 0.15) is 5.82 Å². The number of oxazole rings is 1. The predicted molar refractivity (Wildman–Crippen MR) is 59.7 cm³/mol. The second-order valence-electron chi connectivity index (χ2n) is 3.27. The van der Waals surface area contributed by atoms with Gasteiger partial charge in [0, 0.05) is 5.56 Å². The molecule has 1 heterocycles. The summed E-state index contributed by atoms with van der Waals surface area (Å²) in [5.41, 5.74) is 0.637. The largest absolute Gasteiger partial charge is 0.439 e. The second-order valence-corrected chi connectivity index (χ2v) is 3.68. The zero-order chi connectivity index (χ0) is 11.5. The van der Waals surface area contributed by atoms with Crippen LogP contribution in [0.4, 0.5) is 4.39 Å². The van der Waals surface area contributed by atoms with Crippen molar-refractivity contribution in [1.29, 1.82) is 0 Å². The van der Waals surface area contributed by atoms with E-state index in [1.807, 2.05) is 0 Å². The summed E-state index contributed by atoms with van der Waals surface area (Å²) in [4.78, 5) is 4.06. The number of rotatable bonds is 3. The van der Waals surface area contributed by atoms with Crippen LogP contribution in [0.15, 0.2) is 28.8 Å². The van der Waals surface area contributed by atoms with Gasteiger partial charge < -0.3 is 9.73 Å². The molecule has 1 aromatic carbocycles. The topological polar surface area (TPSA) is 38.1 Å². The molecular weight excluding hydrogens is 231 g/mol. The van der Waals surface area contributed by atoms with E-state index in [4.69, 9.17) is 16.0 Å². The molecule has 0 radical (unpaired) electrons. The van der Waals surface area contributed by atoms with E-state index in [9.17, 15) is 4.39 Å². The van der Waals surface area contributed by atoms with Crippen LogP contribution in [-0.4, -0.2) is 12.0 Å². The van der Waals surface area contributed by atoms with Crippen molar-refractivity contribution < 1.29 is 8.81 Å². The minimum Gasteiger partial charge on any atom is -0.439 e. The van der Waals surface area contributed by atoms with Crippen molar-refractivity contribution in [3.63, 3.8) is 0 Å². The van der Waals surface area contributed by atoms with Crippen molar-refractivity contribution in [2.24, 2.45) is 0 Å². The van der Waals surface area contributed by atoms with Gasteiger partial charge in [0.25, 0.3) is 0 Å². The van der Waals surface area contributed by atoms with Crippen LogP contribution in [-0.2, 0) is 6.54 Å². The molecule has 3 nitrogen and oxygen atoms in total. The lowest BCUT2D eigenvalue weighted by atomic mass is 10.2. The van der Waals surface area contributed by atoms with Crippen molar-refractivity contribution in [2.45, 2.75) is 6.54 Å². The molecule has 0 aliphatic rings. The number of hydrogen-bond acceptors (Lipinski definition) is 3. The smallest absolute Gasteiger partial charge is 0.208 e. The van der Waals surface area contributed by atoms with Crippen molar-refractivity contribution >= 4 is 11.6 Å². The molecule has 1 N–H and O–H groups in total. The average molecular weight is 241 g/mol. The first-order chi connectivity index (χ1) is 7.70. The molecular formula is C11H10ClFN2O. The van der Waals surface area contributed by atoms with Crippen molar-refractivity contribution in [3.8, 4) is 11.3 Å². The number of hydrogen-bond donors (Lipinski definition) is 1. The Morgan fingerprint density at radius 3 is 3.00 bits per heavy atom. The van der Waals surface area contributed by atoms with Gasteiger partial charge in [-0.25, -0.2) is 9.37 Å². The Kier molecular flexibility index (Phi) is 3.22. The molecule has 0 spiro atoms. The van der Waals surface area contributed by atoms with Crippen LogP contribution in [0.2, 0.25) is 5.02 Å². The van der Waals surface area contributed by atoms with E-state index in [0.717, 1.165) is 0 Å². The van der Waals surface area contributed by atoms with Crippen molar-refractivity contribution in [2.75, 3.05) is 7.05 Å².